The molecule has 12 N–H and O–H groups in total. The van der Waals surface area contributed by atoms with Crippen LogP contribution in [0.15, 0.2) is 60.7 Å². The molecule has 3 aromatic heterocycles. The van der Waals surface area contributed by atoms with Gasteiger partial charge in [0.05, 0.1) is 37.1 Å². The fraction of sp³-hybridized carbons (Fsp3) is 0.652. The van der Waals surface area contributed by atoms with Gasteiger partial charge in [0.1, 0.15) is 13.2 Å². The van der Waals surface area contributed by atoms with Crippen molar-refractivity contribution < 1.29 is 102 Å². The predicted molar refractivity (Wildman–Crippen MR) is 448 cm³/mol. The third kappa shape index (κ3) is 76.4. The van der Waals surface area contributed by atoms with Crippen molar-refractivity contribution in [2.24, 2.45) is 0 Å². The third-order valence-corrected chi connectivity index (χ3v) is 12.1. The van der Waals surface area contributed by atoms with Gasteiger partial charge in [0.15, 0.2) is 0 Å². The smallest absolute Gasteiger partial charge is 0.434 e. The summed E-state index contributed by atoms with van der Waals surface area (Å²) in [7, 11) is -9.58. The number of rotatable bonds is 39. The van der Waals surface area contributed by atoms with Gasteiger partial charge in [0.25, 0.3) is 5.95 Å². The van der Waals surface area contributed by atoms with Crippen LogP contribution in [0.25, 0.3) is 0 Å². The van der Waals surface area contributed by atoms with Crippen molar-refractivity contribution in [1.82, 2.24) is 55.9 Å². The van der Waals surface area contributed by atoms with Gasteiger partial charge in [-0.3, -0.25) is 37.4 Å². The monoisotopic (exact) mass is 1820 g/mol. The van der Waals surface area contributed by atoms with Gasteiger partial charge in [-0.2, -0.15) is 60.3 Å². The number of benzene rings is 2. The van der Waals surface area contributed by atoms with Gasteiger partial charge in [-0.05, 0) is 151 Å². The second-order valence-electron chi connectivity index (χ2n) is 23.5. The number of hydrogen-bond acceptors (Lipinski definition) is 31. The number of aromatic amines is 1. The second-order valence-corrected chi connectivity index (χ2v) is 26.4. The maximum Gasteiger partial charge on any atom is 0.434 e. The van der Waals surface area contributed by atoms with Crippen LogP contribution in [0.1, 0.15) is 201 Å². The molecule has 1 radical (unpaired) electrons. The minimum absolute atomic E-state index is 0. The van der Waals surface area contributed by atoms with Crippen LogP contribution in [-0.2, 0) is 86.2 Å². The number of amides is 2. The van der Waals surface area contributed by atoms with Gasteiger partial charge in [-0.1, -0.05) is 126 Å². The van der Waals surface area contributed by atoms with E-state index in [0.29, 0.717) is 73.3 Å². The summed E-state index contributed by atoms with van der Waals surface area (Å²) in [4.78, 5) is 86.8. The second kappa shape index (κ2) is 74.9. The number of nitrogens with one attached hydrogen (secondary N) is 9. The average molecular weight is 1820 g/mol. The Morgan fingerprint density at radius 2 is 0.866 bits per heavy atom. The molecule has 0 unspecified atom stereocenters. The largest absolute Gasteiger partial charge is 0.726 e. The molecule has 0 fully saturated rings. The minimum Gasteiger partial charge on any atom is -0.726 e. The fourth-order valence-electron chi connectivity index (χ4n) is 6.75. The Morgan fingerprint density at radius 1 is 0.518 bits per heavy atom. The zero-order valence-electron chi connectivity index (χ0n) is 69.1. The summed E-state index contributed by atoms with van der Waals surface area (Å²) >= 11 is 7.99. The molecule has 0 saturated heterocycles. The molecular weight excluding hydrogens is 1690 g/mol. The van der Waals surface area contributed by atoms with Crippen LogP contribution in [0.4, 0.5) is 57.2 Å². The van der Waals surface area contributed by atoms with Crippen LogP contribution >= 0.6 is 46.6 Å². The standard InChI is InChI=1S/2C14H28N6O.C13H19NO3.C11H15NO3.C9H16ClN5.C5H13NO.C3H6I.ClH.2H2O4S.V/c2*1-6-9-15-12-17-13(16-10-7-2)19-14(18-12)20(8-3)21-11(4)5;1-4-14(17-11(2)3)13(15)16-10-12-8-6-5-7-9-12;1-9(2)15-12-11(13)14-8-10-6-4-3-5-7-10;1-3-5-11-8-13-7(10)14-9(15-8)12-6-4-2;1-4-6-7-5(2)3;1-2-3-4;;2*1-5(2,3)4;/h2*11H,6-10H2,1-5H3,(H2,15,16,17,18,19);5-9,11H,4,10H2,1-3H3;3-7,9H,8H2,1-2H3,(H,12,13);3-6H2,1-2H3,(H2,11,12,13,14,15);5-6H,4H2,1-3H3;3H,2H2,1H3;1H;2*(H2,1,2,3,4);/q;;;;;;-1;;;;. The number of aromatic nitrogens is 9. The van der Waals surface area contributed by atoms with E-state index in [0.717, 1.165) is 95.5 Å². The molecule has 112 heavy (non-hydrogen) atoms. The Labute approximate surface area is 703 Å². The fourth-order valence-corrected chi connectivity index (χ4v) is 6.91. The molecule has 43 heteroatoms. The maximum absolute atomic E-state index is 11.7. The van der Waals surface area contributed by atoms with E-state index < -0.39 is 33.0 Å². The number of halogens is 3. The molecule has 0 spiro atoms. The van der Waals surface area contributed by atoms with E-state index in [1.807, 2.05) is 158 Å². The summed E-state index contributed by atoms with van der Waals surface area (Å²) in [6.07, 6.45) is 6.61. The minimum atomic E-state index is -4.92. The van der Waals surface area contributed by atoms with Crippen molar-refractivity contribution >= 4 is 127 Å². The van der Waals surface area contributed by atoms with E-state index in [2.05, 4.69) is 163 Å². The first-order chi connectivity index (χ1) is 52.0. The number of hydroxylamine groups is 6. The van der Waals surface area contributed by atoms with Crippen LogP contribution in [0.2, 0.25) is 5.28 Å². The summed E-state index contributed by atoms with van der Waals surface area (Å²) in [5, 5.41) is 23.9. The Bertz CT molecular complexity index is 3090. The summed E-state index contributed by atoms with van der Waals surface area (Å²) in [6, 6.07) is 19.0. The van der Waals surface area contributed by atoms with Crippen molar-refractivity contribution in [1.29, 1.82) is 0 Å². The number of carbonyl (C=O) groups excluding carboxylic acids is 2. The van der Waals surface area contributed by atoms with E-state index in [4.69, 9.17) is 80.3 Å². The molecule has 37 nitrogen and oxygen atoms in total. The van der Waals surface area contributed by atoms with Crippen LogP contribution in [0.5, 0.6) is 0 Å². The molecule has 0 bridgehead atoms. The molecule has 5 aromatic rings. The Morgan fingerprint density at radius 3 is 1.19 bits per heavy atom. The van der Waals surface area contributed by atoms with Crippen LogP contribution in [0, 0.1) is 4.43 Å². The molecule has 2 aromatic carbocycles. The van der Waals surface area contributed by atoms with E-state index in [-0.39, 0.29) is 73.9 Å². The molecule has 3 heterocycles. The molecule has 647 valence electrons. The Hall–Kier alpha value is -6.20. The number of H-pyrrole nitrogens is 1. The quantitative estimate of drug-likeness (QED) is 0.00572. The van der Waals surface area contributed by atoms with E-state index in [9.17, 15) is 9.59 Å². The summed E-state index contributed by atoms with van der Waals surface area (Å²) < 4.78 is 76.6. The predicted octanol–water partition coefficient (Wildman–Crippen LogP) is 13.9. The summed E-state index contributed by atoms with van der Waals surface area (Å²) in [5.74, 6) is 4.68. The van der Waals surface area contributed by atoms with Gasteiger partial charge in [0, 0.05) is 77.5 Å². The number of anilines is 8. The molecular formula is C69H130Cl2IN20O17S2V-. The van der Waals surface area contributed by atoms with E-state index >= 15 is 0 Å². The number of ether oxygens (including phenoxy) is 2. The molecule has 0 aliphatic carbocycles. The molecule has 0 atom stereocenters. The average Bonchev–Trinajstić information content (AvgIpc) is 0.851. The van der Waals surface area contributed by atoms with Crippen LogP contribution in [-0.4, -0.2) is 188 Å². The Balaban J connectivity index is -0.000000294. The van der Waals surface area contributed by atoms with Gasteiger partial charge < -0.3 is 68.5 Å². The van der Waals surface area contributed by atoms with Crippen molar-refractivity contribution in [3.63, 3.8) is 0 Å². The van der Waals surface area contributed by atoms with Crippen molar-refractivity contribution in [3.05, 3.63) is 81.5 Å². The number of carbonyl (C=O) groups is 2. The van der Waals surface area contributed by atoms with Crippen LogP contribution < -0.4 is 58.0 Å². The third-order valence-electron chi connectivity index (χ3n) is 11.1. The molecule has 0 aliphatic heterocycles. The molecule has 2 amide bonds. The van der Waals surface area contributed by atoms with Crippen molar-refractivity contribution in [2.75, 3.05) is 107 Å². The van der Waals surface area contributed by atoms with Crippen LogP contribution in [0.3, 0.4) is 0 Å². The van der Waals surface area contributed by atoms with Crippen molar-refractivity contribution in [3.8, 4) is 0 Å². The van der Waals surface area contributed by atoms with Gasteiger partial charge in [-0.25, -0.2) is 38.4 Å². The molecule has 5 rings (SSSR count). The molecule has 0 aliphatic rings. The summed E-state index contributed by atoms with van der Waals surface area (Å²) in [5.41, 5.74) is 6.84. The molecule has 0 saturated carbocycles. The summed E-state index contributed by atoms with van der Waals surface area (Å²) in [6.45, 7) is 50.1. The number of nitrogens with zero attached hydrogens (tertiary/aromatic N) is 11. The Kier molecular flexibility index (Phi) is 78.0. The first-order valence-electron chi connectivity index (χ1n) is 36.7. The first-order valence-corrected chi connectivity index (χ1v) is 41.1. The SMILES string of the molecule is CC(C)ONC(=O)OCc1ccccc1.CCCNc1nc(Cl)nc(NCCC)n1.CCCNc1nc(NCCC)[nH+]c(N(CC)OC(C)C)n1.CCCNc1nc(NCCC)nc(N(CC)OC(C)C)n1.CCN(OC(C)C)C(=O)OCc1ccccc1.CCNOC(C)C.CC[CH-]I.Cl.O=S(=O)(O)O.O=S(=O)([O-])O.[V]. The van der Waals surface area contributed by atoms with E-state index in [1.165, 1.54) is 11.5 Å². The maximum atomic E-state index is 11.7. The van der Waals surface area contributed by atoms with E-state index in [1.54, 1.807) is 10.1 Å². The van der Waals surface area contributed by atoms with Gasteiger partial charge in [-0.15, -0.1) is 12.4 Å². The normalized spacial score (nSPS) is 10.2. The van der Waals surface area contributed by atoms with Gasteiger partial charge in [0.2, 0.25) is 39.5 Å². The van der Waals surface area contributed by atoms with Gasteiger partial charge >= 0.3 is 40.4 Å². The first kappa shape index (κ1) is 117. The number of hydrogen-bond donors (Lipinski definition) is 11. The topological polar surface area (TPSA) is 474 Å². The zero-order valence-corrected chi connectivity index (χ0v) is 75.8. The zero-order chi connectivity index (χ0) is 84.3. The van der Waals surface area contributed by atoms with Crippen molar-refractivity contribution in [2.45, 2.75) is 234 Å².